The van der Waals surface area contributed by atoms with E-state index in [1.165, 1.54) is 24.3 Å². The first-order chi connectivity index (χ1) is 12.1. The quantitative estimate of drug-likeness (QED) is 0.617. The molecule has 0 aliphatic carbocycles. The number of amides is 2. The second kappa shape index (κ2) is 11.2. The zero-order valence-electron chi connectivity index (χ0n) is 14.5. The molecule has 26 heavy (non-hydrogen) atoms. The molecule has 140 valence electrons. The van der Waals surface area contributed by atoms with E-state index in [1.54, 1.807) is 24.3 Å². The lowest BCUT2D eigenvalue weighted by Gasteiger charge is -2.08. The number of anilines is 1. The van der Waals surface area contributed by atoms with E-state index in [1.807, 2.05) is 7.05 Å². The van der Waals surface area contributed by atoms with Crippen molar-refractivity contribution in [3.63, 3.8) is 0 Å². The molecule has 0 radical (unpaired) electrons. The summed E-state index contributed by atoms with van der Waals surface area (Å²) in [6, 6.07) is 12.6. The first kappa shape index (κ1) is 21.6. The molecule has 3 N–H and O–H groups in total. The standard InChI is InChI=1S/C19H22FN3O2.ClH/c1-21-12-2-3-18(24)22-13-14-4-6-15(7-5-14)19(25)23-17-10-8-16(20)9-11-17;/h4-11,21H,2-3,12-13H2,1H3,(H,22,24)(H,23,25);1H. The topological polar surface area (TPSA) is 70.2 Å². The molecule has 2 rings (SSSR count). The molecular weight excluding hydrogens is 357 g/mol. The lowest BCUT2D eigenvalue weighted by atomic mass is 10.1. The van der Waals surface area contributed by atoms with Gasteiger partial charge < -0.3 is 16.0 Å². The number of halogens is 2. The summed E-state index contributed by atoms with van der Waals surface area (Å²) in [7, 11) is 1.85. The molecule has 7 heteroatoms. The Kier molecular flexibility index (Phi) is 9.33. The Morgan fingerprint density at radius 1 is 1.00 bits per heavy atom. The molecule has 0 saturated heterocycles. The van der Waals surface area contributed by atoms with Gasteiger partial charge in [-0.1, -0.05) is 12.1 Å². The maximum absolute atomic E-state index is 12.9. The summed E-state index contributed by atoms with van der Waals surface area (Å²) in [5.74, 6) is -0.613. The molecule has 5 nitrogen and oxygen atoms in total. The minimum absolute atomic E-state index is 0. The molecular formula is C19H23ClFN3O2. The molecule has 2 amide bonds. The second-order valence-corrected chi connectivity index (χ2v) is 5.64. The van der Waals surface area contributed by atoms with Crippen LogP contribution >= 0.6 is 12.4 Å². The van der Waals surface area contributed by atoms with E-state index < -0.39 is 0 Å². The fraction of sp³-hybridized carbons (Fsp3) is 0.263. The predicted molar refractivity (Wildman–Crippen MR) is 103 cm³/mol. The van der Waals surface area contributed by atoms with E-state index in [4.69, 9.17) is 0 Å². The van der Waals surface area contributed by atoms with Crippen molar-refractivity contribution in [2.24, 2.45) is 0 Å². The van der Waals surface area contributed by atoms with Crippen LogP contribution in [-0.4, -0.2) is 25.4 Å². The number of carbonyl (C=O) groups is 2. The number of hydrogen-bond donors (Lipinski definition) is 3. The van der Waals surface area contributed by atoms with Crippen LogP contribution in [0.1, 0.15) is 28.8 Å². The third-order valence-electron chi connectivity index (χ3n) is 3.64. The zero-order chi connectivity index (χ0) is 18.1. The van der Waals surface area contributed by atoms with Crippen LogP contribution in [0.4, 0.5) is 10.1 Å². The van der Waals surface area contributed by atoms with Crippen molar-refractivity contribution in [3.05, 3.63) is 65.5 Å². The van der Waals surface area contributed by atoms with Crippen LogP contribution in [0.15, 0.2) is 48.5 Å². The van der Waals surface area contributed by atoms with Gasteiger partial charge in [0.05, 0.1) is 0 Å². The minimum atomic E-state index is -0.352. The van der Waals surface area contributed by atoms with E-state index in [9.17, 15) is 14.0 Å². The number of hydrogen-bond acceptors (Lipinski definition) is 3. The monoisotopic (exact) mass is 379 g/mol. The van der Waals surface area contributed by atoms with Crippen molar-refractivity contribution in [1.82, 2.24) is 10.6 Å². The molecule has 0 fully saturated rings. The van der Waals surface area contributed by atoms with Crippen LogP contribution in [0.2, 0.25) is 0 Å². The molecule has 2 aromatic rings. The minimum Gasteiger partial charge on any atom is -0.352 e. The SMILES string of the molecule is CNCCCC(=O)NCc1ccc(C(=O)Nc2ccc(F)cc2)cc1.Cl. The largest absolute Gasteiger partial charge is 0.352 e. The Balaban J connectivity index is 0.00000338. The normalized spacial score (nSPS) is 9.92. The molecule has 0 aliphatic rings. The number of rotatable bonds is 8. The van der Waals surface area contributed by atoms with Crippen LogP contribution in [0.5, 0.6) is 0 Å². The van der Waals surface area contributed by atoms with Crippen molar-refractivity contribution < 1.29 is 14.0 Å². The Bertz CT molecular complexity index is 706. The van der Waals surface area contributed by atoms with Crippen LogP contribution in [0.25, 0.3) is 0 Å². The molecule has 0 heterocycles. The summed E-state index contributed by atoms with van der Waals surface area (Å²) in [6.45, 7) is 1.24. The van der Waals surface area contributed by atoms with E-state index in [0.29, 0.717) is 24.2 Å². The van der Waals surface area contributed by atoms with Crippen LogP contribution in [-0.2, 0) is 11.3 Å². The van der Waals surface area contributed by atoms with Crippen molar-refractivity contribution >= 4 is 29.9 Å². The van der Waals surface area contributed by atoms with Gasteiger partial charge in [0.25, 0.3) is 5.91 Å². The second-order valence-electron chi connectivity index (χ2n) is 5.64. The maximum Gasteiger partial charge on any atom is 0.255 e. The van der Waals surface area contributed by atoms with Gasteiger partial charge in [-0.3, -0.25) is 9.59 Å². The number of carbonyl (C=O) groups excluding carboxylic acids is 2. The average molecular weight is 380 g/mol. The Morgan fingerprint density at radius 2 is 1.65 bits per heavy atom. The van der Waals surface area contributed by atoms with Crippen molar-refractivity contribution in [1.29, 1.82) is 0 Å². The van der Waals surface area contributed by atoms with E-state index in [-0.39, 0.29) is 30.0 Å². The van der Waals surface area contributed by atoms with Gasteiger partial charge in [-0.15, -0.1) is 12.4 Å². The van der Waals surface area contributed by atoms with Gasteiger partial charge in [0.2, 0.25) is 5.91 Å². The van der Waals surface area contributed by atoms with Crippen molar-refractivity contribution in [2.45, 2.75) is 19.4 Å². The summed E-state index contributed by atoms with van der Waals surface area (Å²) < 4.78 is 12.9. The molecule has 0 unspecified atom stereocenters. The van der Waals surface area contributed by atoms with Crippen LogP contribution < -0.4 is 16.0 Å². The van der Waals surface area contributed by atoms with Gasteiger partial charge in [-0.25, -0.2) is 4.39 Å². The first-order valence-corrected chi connectivity index (χ1v) is 8.15. The Hall–Kier alpha value is -2.44. The highest BCUT2D eigenvalue weighted by Gasteiger charge is 2.07. The highest BCUT2D eigenvalue weighted by atomic mass is 35.5. The lowest BCUT2D eigenvalue weighted by molar-refractivity contribution is -0.121. The fourth-order valence-electron chi connectivity index (χ4n) is 2.23. The van der Waals surface area contributed by atoms with Gasteiger partial charge in [0.1, 0.15) is 5.82 Å². The summed E-state index contributed by atoms with van der Waals surface area (Å²) in [5.41, 5.74) is 1.94. The Labute approximate surface area is 158 Å². The van der Waals surface area contributed by atoms with Gasteiger partial charge in [-0.05, 0) is 62.0 Å². The van der Waals surface area contributed by atoms with Crippen LogP contribution in [0.3, 0.4) is 0 Å². The highest BCUT2D eigenvalue weighted by Crippen LogP contribution is 2.11. The smallest absolute Gasteiger partial charge is 0.255 e. The Morgan fingerprint density at radius 3 is 2.27 bits per heavy atom. The number of nitrogens with one attached hydrogen (secondary N) is 3. The third kappa shape index (κ3) is 7.21. The predicted octanol–water partition coefficient (Wildman–Crippen LogP) is 3.12. The summed E-state index contributed by atoms with van der Waals surface area (Å²) in [4.78, 5) is 23.8. The summed E-state index contributed by atoms with van der Waals surface area (Å²) >= 11 is 0. The summed E-state index contributed by atoms with van der Waals surface area (Å²) in [6.07, 6.45) is 1.28. The molecule has 0 bridgehead atoms. The molecule has 2 aromatic carbocycles. The average Bonchev–Trinajstić information content (AvgIpc) is 2.62. The van der Waals surface area contributed by atoms with Gasteiger partial charge in [0.15, 0.2) is 0 Å². The third-order valence-corrected chi connectivity index (χ3v) is 3.64. The van der Waals surface area contributed by atoms with E-state index in [2.05, 4.69) is 16.0 Å². The molecule has 0 aliphatic heterocycles. The van der Waals surface area contributed by atoms with Crippen molar-refractivity contribution in [3.8, 4) is 0 Å². The molecule has 0 aromatic heterocycles. The number of benzene rings is 2. The first-order valence-electron chi connectivity index (χ1n) is 8.15. The lowest BCUT2D eigenvalue weighted by Crippen LogP contribution is -2.23. The van der Waals surface area contributed by atoms with Gasteiger partial charge in [0, 0.05) is 24.2 Å². The molecule has 0 spiro atoms. The maximum atomic E-state index is 12.9. The van der Waals surface area contributed by atoms with Crippen molar-refractivity contribution in [2.75, 3.05) is 18.9 Å². The van der Waals surface area contributed by atoms with E-state index >= 15 is 0 Å². The van der Waals surface area contributed by atoms with Gasteiger partial charge in [-0.2, -0.15) is 0 Å². The molecule has 0 saturated carbocycles. The summed E-state index contributed by atoms with van der Waals surface area (Å²) in [5, 5.41) is 8.55. The van der Waals surface area contributed by atoms with Gasteiger partial charge >= 0.3 is 0 Å². The van der Waals surface area contributed by atoms with E-state index in [0.717, 1.165) is 18.5 Å². The molecule has 0 atom stereocenters. The fourth-order valence-corrected chi connectivity index (χ4v) is 2.23. The zero-order valence-corrected chi connectivity index (χ0v) is 15.4. The van der Waals surface area contributed by atoms with Crippen LogP contribution in [0, 0.1) is 5.82 Å². The highest BCUT2D eigenvalue weighted by molar-refractivity contribution is 6.04.